The molecule has 3 aromatic rings. The van der Waals surface area contributed by atoms with E-state index in [1.54, 1.807) is 31.3 Å². The summed E-state index contributed by atoms with van der Waals surface area (Å²) < 4.78 is 24.4. The van der Waals surface area contributed by atoms with E-state index in [4.69, 9.17) is 0 Å². The molecule has 0 saturated heterocycles. The highest BCUT2D eigenvalue weighted by Gasteiger charge is 2.19. The van der Waals surface area contributed by atoms with Crippen LogP contribution in [0.2, 0.25) is 0 Å². The van der Waals surface area contributed by atoms with Crippen LogP contribution < -0.4 is 0 Å². The lowest BCUT2D eigenvalue weighted by molar-refractivity contribution is 0.597. The number of pyridine rings is 1. The average molecular weight is 325 g/mol. The summed E-state index contributed by atoms with van der Waals surface area (Å²) in [5.41, 5.74) is 2.46. The molecule has 0 atom stereocenters. The van der Waals surface area contributed by atoms with E-state index in [0.717, 1.165) is 11.3 Å². The molecule has 116 valence electrons. The van der Waals surface area contributed by atoms with Gasteiger partial charge in [0.25, 0.3) is 0 Å². The van der Waals surface area contributed by atoms with Crippen molar-refractivity contribution in [3.8, 4) is 22.6 Å². The lowest BCUT2D eigenvalue weighted by Gasteiger charge is -2.07. The summed E-state index contributed by atoms with van der Waals surface area (Å²) >= 11 is 0. The fourth-order valence-corrected chi connectivity index (χ4v) is 3.26. The van der Waals surface area contributed by atoms with E-state index in [2.05, 4.69) is 15.2 Å². The molecule has 0 aliphatic heterocycles. The maximum atomic E-state index is 12.2. The van der Waals surface area contributed by atoms with Gasteiger partial charge in [-0.2, -0.15) is 0 Å². The number of rotatable bonds is 4. The van der Waals surface area contributed by atoms with Gasteiger partial charge in [0.15, 0.2) is 9.84 Å². The summed E-state index contributed by atoms with van der Waals surface area (Å²) in [6.07, 6.45) is 1.55. The van der Waals surface area contributed by atoms with Crippen molar-refractivity contribution in [1.29, 1.82) is 0 Å². The second-order valence-electron chi connectivity index (χ2n) is 4.92. The zero-order chi connectivity index (χ0) is 16.3. The zero-order valence-corrected chi connectivity index (χ0v) is 13.4. The minimum Gasteiger partial charge on any atom is -0.253 e. The molecule has 0 fully saturated rings. The van der Waals surface area contributed by atoms with Gasteiger partial charge < -0.3 is 0 Å². The molecule has 0 radical (unpaired) electrons. The minimum absolute atomic E-state index is 0.0151. The maximum Gasteiger partial charge on any atom is 0.180 e. The van der Waals surface area contributed by atoms with Gasteiger partial charge in [-0.25, -0.2) is 8.42 Å². The van der Waals surface area contributed by atoms with E-state index in [0.29, 0.717) is 11.4 Å². The van der Waals surface area contributed by atoms with Crippen molar-refractivity contribution in [1.82, 2.24) is 15.2 Å². The number of aromatic nitrogens is 3. The quantitative estimate of drug-likeness (QED) is 0.737. The van der Waals surface area contributed by atoms with Crippen molar-refractivity contribution in [2.45, 2.75) is 11.8 Å². The number of hydrogen-bond acceptors (Lipinski definition) is 5. The molecule has 2 heterocycles. The van der Waals surface area contributed by atoms with E-state index >= 15 is 0 Å². The first-order chi connectivity index (χ1) is 11.1. The van der Waals surface area contributed by atoms with Gasteiger partial charge in [-0.1, -0.05) is 37.3 Å². The Morgan fingerprint density at radius 1 is 0.870 bits per heavy atom. The Bertz CT molecular complexity index is 908. The summed E-state index contributed by atoms with van der Waals surface area (Å²) in [6.45, 7) is 1.61. The number of nitrogens with zero attached hydrogens (tertiary/aromatic N) is 3. The molecular formula is C17H15N3O2S. The van der Waals surface area contributed by atoms with Crippen molar-refractivity contribution in [3.63, 3.8) is 0 Å². The second-order valence-corrected chi connectivity index (χ2v) is 7.17. The first kappa shape index (κ1) is 15.3. The smallest absolute Gasteiger partial charge is 0.180 e. The summed E-state index contributed by atoms with van der Waals surface area (Å²) in [5, 5.41) is 8.35. The van der Waals surface area contributed by atoms with Gasteiger partial charge in [-0.15, -0.1) is 10.2 Å². The van der Waals surface area contributed by atoms with Crippen molar-refractivity contribution < 1.29 is 8.42 Å². The third-order valence-corrected chi connectivity index (χ3v) is 5.22. The molecule has 0 aliphatic rings. The average Bonchev–Trinajstić information content (AvgIpc) is 2.62. The van der Waals surface area contributed by atoms with Crippen LogP contribution in [0.15, 0.2) is 65.7 Å². The number of hydrogen-bond donors (Lipinski definition) is 0. The Hall–Kier alpha value is -2.60. The second kappa shape index (κ2) is 6.26. The van der Waals surface area contributed by atoms with Crippen LogP contribution in [0.5, 0.6) is 0 Å². The Morgan fingerprint density at radius 2 is 1.57 bits per heavy atom. The van der Waals surface area contributed by atoms with Gasteiger partial charge >= 0.3 is 0 Å². The molecule has 0 bridgehead atoms. The Morgan fingerprint density at radius 3 is 2.22 bits per heavy atom. The minimum atomic E-state index is -3.37. The van der Waals surface area contributed by atoms with Crippen molar-refractivity contribution in [2.75, 3.05) is 5.75 Å². The largest absolute Gasteiger partial charge is 0.253 e. The monoisotopic (exact) mass is 325 g/mol. The standard InChI is InChI=1S/C17H15N3O2S/c1-2-23(21,22)16-9-6-12-18-17(16)15-11-10-14(19-20-15)13-7-4-3-5-8-13/h3-12H,2H2,1H3. The lowest BCUT2D eigenvalue weighted by Crippen LogP contribution is -2.07. The van der Waals surface area contributed by atoms with Gasteiger partial charge in [0.1, 0.15) is 11.4 Å². The van der Waals surface area contributed by atoms with Crippen molar-refractivity contribution >= 4 is 9.84 Å². The maximum absolute atomic E-state index is 12.2. The van der Waals surface area contributed by atoms with E-state index in [-0.39, 0.29) is 10.6 Å². The molecule has 23 heavy (non-hydrogen) atoms. The van der Waals surface area contributed by atoms with Gasteiger partial charge in [-0.05, 0) is 24.3 Å². The summed E-state index contributed by atoms with van der Waals surface area (Å²) in [4.78, 5) is 4.37. The van der Waals surface area contributed by atoms with E-state index in [1.165, 1.54) is 0 Å². The molecule has 1 aromatic carbocycles. The predicted octanol–water partition coefficient (Wildman–Crippen LogP) is 3.00. The fraction of sp³-hybridized carbons (Fsp3) is 0.118. The summed E-state index contributed by atoms with van der Waals surface area (Å²) in [7, 11) is -3.37. The predicted molar refractivity (Wildman–Crippen MR) is 88.4 cm³/mol. The first-order valence-electron chi connectivity index (χ1n) is 7.19. The molecule has 0 unspecified atom stereocenters. The van der Waals surface area contributed by atoms with E-state index in [1.807, 2.05) is 36.4 Å². The molecule has 2 aromatic heterocycles. The fourth-order valence-electron chi connectivity index (χ4n) is 2.21. The van der Waals surface area contributed by atoms with Crippen LogP contribution in [0.1, 0.15) is 6.92 Å². The molecule has 3 rings (SSSR count). The van der Waals surface area contributed by atoms with Crippen LogP contribution in [-0.4, -0.2) is 29.4 Å². The molecule has 0 amide bonds. The van der Waals surface area contributed by atoms with Crippen LogP contribution in [0.25, 0.3) is 22.6 Å². The summed E-state index contributed by atoms with van der Waals surface area (Å²) in [5.74, 6) is 0.0151. The van der Waals surface area contributed by atoms with Crippen LogP contribution in [0.4, 0.5) is 0 Å². The SMILES string of the molecule is CCS(=O)(=O)c1cccnc1-c1ccc(-c2ccccc2)nn1. The first-order valence-corrected chi connectivity index (χ1v) is 8.84. The van der Waals surface area contributed by atoms with Crippen LogP contribution >= 0.6 is 0 Å². The van der Waals surface area contributed by atoms with E-state index < -0.39 is 9.84 Å². The molecule has 0 saturated carbocycles. The third-order valence-electron chi connectivity index (χ3n) is 3.46. The number of benzene rings is 1. The zero-order valence-electron chi connectivity index (χ0n) is 12.5. The lowest BCUT2D eigenvalue weighted by atomic mass is 10.1. The van der Waals surface area contributed by atoms with Crippen LogP contribution in [0, 0.1) is 0 Å². The molecular weight excluding hydrogens is 310 g/mol. The topological polar surface area (TPSA) is 72.8 Å². The number of sulfone groups is 1. The molecule has 0 spiro atoms. The Balaban J connectivity index is 2.04. The Labute approximate surface area is 135 Å². The molecule has 0 N–H and O–H groups in total. The molecule has 5 nitrogen and oxygen atoms in total. The van der Waals surface area contributed by atoms with E-state index in [9.17, 15) is 8.42 Å². The highest BCUT2D eigenvalue weighted by molar-refractivity contribution is 7.91. The molecule has 6 heteroatoms. The third kappa shape index (κ3) is 3.12. The normalized spacial score (nSPS) is 11.3. The molecule has 0 aliphatic carbocycles. The van der Waals surface area contributed by atoms with Gasteiger partial charge in [0, 0.05) is 11.8 Å². The van der Waals surface area contributed by atoms with Crippen molar-refractivity contribution in [3.05, 3.63) is 60.8 Å². The summed E-state index contributed by atoms with van der Waals surface area (Å²) in [6, 6.07) is 16.4. The van der Waals surface area contributed by atoms with Gasteiger partial charge in [0.05, 0.1) is 16.3 Å². The highest BCUT2D eigenvalue weighted by Crippen LogP contribution is 2.25. The van der Waals surface area contributed by atoms with Crippen LogP contribution in [0.3, 0.4) is 0 Å². The highest BCUT2D eigenvalue weighted by atomic mass is 32.2. The van der Waals surface area contributed by atoms with Crippen LogP contribution in [-0.2, 0) is 9.84 Å². The Kier molecular flexibility index (Phi) is 4.16. The van der Waals surface area contributed by atoms with Gasteiger partial charge in [-0.3, -0.25) is 4.98 Å². The van der Waals surface area contributed by atoms with Crippen molar-refractivity contribution in [2.24, 2.45) is 0 Å². The van der Waals surface area contributed by atoms with Gasteiger partial charge in [0.2, 0.25) is 0 Å².